The van der Waals surface area contributed by atoms with Gasteiger partial charge < -0.3 is 0 Å². The molecule has 0 fully saturated rings. The Kier molecular flexibility index (Phi) is 3.46. The SMILES string of the molecule is CCC(=O)C(=O)CC1=C2C=CC=CC2[N+](=O)C=C1. The molecule has 0 aromatic carbocycles. The van der Waals surface area contributed by atoms with Crippen molar-refractivity contribution in [2.45, 2.75) is 25.8 Å². The summed E-state index contributed by atoms with van der Waals surface area (Å²) in [6, 6.07) is -0.375. The Hall–Kier alpha value is -2.10. The number of carbonyl (C=O) groups excluding carboxylic acids is 2. The first-order valence-corrected chi connectivity index (χ1v) is 5.91. The van der Waals surface area contributed by atoms with Gasteiger partial charge >= 0.3 is 0 Å². The van der Waals surface area contributed by atoms with Crippen LogP contribution in [-0.2, 0) is 9.59 Å². The van der Waals surface area contributed by atoms with Gasteiger partial charge in [0.1, 0.15) is 0 Å². The van der Waals surface area contributed by atoms with Gasteiger partial charge in [0.25, 0.3) is 6.04 Å². The summed E-state index contributed by atoms with van der Waals surface area (Å²) in [5, 5.41) is 0. The van der Waals surface area contributed by atoms with Crippen LogP contribution in [0.2, 0.25) is 0 Å². The number of allylic oxidation sites excluding steroid dienone is 4. The Balaban J connectivity index is 2.27. The molecule has 4 heteroatoms. The third-order valence-corrected chi connectivity index (χ3v) is 3.05. The molecule has 1 aliphatic heterocycles. The van der Waals surface area contributed by atoms with Gasteiger partial charge in [0, 0.05) is 34.2 Å². The zero-order chi connectivity index (χ0) is 13.1. The molecule has 0 N–H and O–H groups in total. The maximum atomic E-state index is 11.6. The average Bonchev–Trinajstić information content (AvgIpc) is 2.41. The van der Waals surface area contributed by atoms with Crippen LogP contribution >= 0.6 is 0 Å². The van der Waals surface area contributed by atoms with Crippen LogP contribution in [0.4, 0.5) is 0 Å². The van der Waals surface area contributed by atoms with Gasteiger partial charge in [-0.2, -0.15) is 0 Å². The predicted molar refractivity (Wildman–Crippen MR) is 66.8 cm³/mol. The summed E-state index contributed by atoms with van der Waals surface area (Å²) in [6.07, 6.45) is 10.5. The van der Waals surface area contributed by atoms with Crippen molar-refractivity contribution >= 4 is 11.6 Å². The molecular formula is C14H14NO3+. The fourth-order valence-corrected chi connectivity index (χ4v) is 2.03. The molecule has 1 aliphatic carbocycles. The lowest BCUT2D eigenvalue weighted by molar-refractivity contribution is -0.499. The molecule has 0 amide bonds. The van der Waals surface area contributed by atoms with Crippen molar-refractivity contribution in [1.29, 1.82) is 0 Å². The lowest BCUT2D eigenvalue weighted by atomic mass is 9.90. The number of nitrogens with zero attached hydrogens (tertiary/aromatic N) is 1. The van der Waals surface area contributed by atoms with Crippen molar-refractivity contribution in [3.8, 4) is 0 Å². The van der Waals surface area contributed by atoms with Crippen LogP contribution in [0, 0.1) is 4.91 Å². The van der Waals surface area contributed by atoms with E-state index in [1.807, 2.05) is 12.2 Å². The van der Waals surface area contributed by atoms with Gasteiger partial charge in [-0.3, -0.25) is 9.59 Å². The highest BCUT2D eigenvalue weighted by molar-refractivity contribution is 6.37. The van der Waals surface area contributed by atoms with E-state index >= 15 is 0 Å². The van der Waals surface area contributed by atoms with Crippen molar-refractivity contribution < 1.29 is 14.3 Å². The molecule has 4 nitrogen and oxygen atoms in total. The van der Waals surface area contributed by atoms with Gasteiger partial charge in [0.15, 0.2) is 5.78 Å². The van der Waals surface area contributed by atoms with E-state index in [4.69, 9.17) is 0 Å². The predicted octanol–water partition coefficient (Wildman–Crippen LogP) is 2.02. The summed E-state index contributed by atoms with van der Waals surface area (Å²) in [4.78, 5) is 34.6. The number of carbonyl (C=O) groups is 2. The normalized spacial score (nSPS) is 21.2. The van der Waals surface area contributed by atoms with Crippen LogP contribution in [0.25, 0.3) is 0 Å². The van der Waals surface area contributed by atoms with Crippen LogP contribution in [0.15, 0.2) is 47.7 Å². The van der Waals surface area contributed by atoms with Crippen LogP contribution in [0.3, 0.4) is 0 Å². The van der Waals surface area contributed by atoms with E-state index in [0.717, 1.165) is 15.9 Å². The smallest absolute Gasteiger partial charge is 0.251 e. The second-order valence-electron chi connectivity index (χ2n) is 4.22. The van der Waals surface area contributed by atoms with E-state index in [1.54, 1.807) is 25.2 Å². The topological polar surface area (TPSA) is 54.2 Å². The molecule has 0 radical (unpaired) electrons. The molecule has 0 spiro atoms. The first-order valence-electron chi connectivity index (χ1n) is 5.91. The number of hydrogen-bond donors (Lipinski definition) is 0. The van der Waals surface area contributed by atoms with E-state index in [2.05, 4.69) is 0 Å². The molecule has 1 heterocycles. The van der Waals surface area contributed by atoms with Crippen molar-refractivity contribution in [3.63, 3.8) is 0 Å². The monoisotopic (exact) mass is 244 g/mol. The van der Waals surface area contributed by atoms with E-state index in [9.17, 15) is 14.5 Å². The number of fused-ring (bicyclic) bond motifs is 1. The number of rotatable bonds is 4. The first-order chi connectivity index (χ1) is 8.63. The summed E-state index contributed by atoms with van der Waals surface area (Å²) in [5.74, 6) is -0.765. The Bertz CT molecular complexity index is 535. The van der Waals surface area contributed by atoms with Gasteiger partial charge in [-0.05, 0) is 11.6 Å². The van der Waals surface area contributed by atoms with Crippen LogP contribution in [-0.4, -0.2) is 22.4 Å². The summed E-state index contributed by atoms with van der Waals surface area (Å²) in [5.41, 5.74) is 1.55. The molecule has 92 valence electrons. The number of Topliss-reactive ketones (excluding diaryl/α,β-unsaturated/α-hetero) is 2. The van der Waals surface area contributed by atoms with Crippen molar-refractivity contribution in [3.05, 3.63) is 52.6 Å². The molecule has 0 saturated carbocycles. The largest absolute Gasteiger partial charge is 0.291 e. The Morgan fingerprint density at radius 3 is 2.72 bits per heavy atom. The number of ketones is 2. The van der Waals surface area contributed by atoms with Gasteiger partial charge in [0.05, 0.1) is 0 Å². The minimum atomic E-state index is -0.397. The minimum Gasteiger partial charge on any atom is -0.291 e. The number of hydrogen-bond acceptors (Lipinski definition) is 3. The zero-order valence-electron chi connectivity index (χ0n) is 10.1. The molecule has 0 aromatic rings. The highest BCUT2D eigenvalue weighted by Gasteiger charge is 2.31. The average molecular weight is 244 g/mol. The Labute approximate surface area is 105 Å². The zero-order valence-corrected chi connectivity index (χ0v) is 10.1. The fraction of sp³-hybridized carbons (Fsp3) is 0.286. The second kappa shape index (κ2) is 5.04. The van der Waals surface area contributed by atoms with Gasteiger partial charge in [-0.15, -0.1) is 0 Å². The molecule has 0 bridgehead atoms. The van der Waals surface area contributed by atoms with Gasteiger partial charge in [-0.1, -0.05) is 25.2 Å². The maximum Gasteiger partial charge on any atom is 0.251 e. The highest BCUT2D eigenvalue weighted by Crippen LogP contribution is 2.26. The molecule has 1 unspecified atom stereocenters. The molecule has 2 rings (SSSR count). The molecule has 0 aromatic heterocycles. The van der Waals surface area contributed by atoms with Crippen molar-refractivity contribution in [2.75, 3.05) is 0 Å². The van der Waals surface area contributed by atoms with E-state index < -0.39 is 5.78 Å². The van der Waals surface area contributed by atoms with Crippen molar-refractivity contribution in [2.24, 2.45) is 0 Å². The first kappa shape index (κ1) is 12.4. The minimum absolute atomic E-state index is 0.0705. The molecular weight excluding hydrogens is 230 g/mol. The maximum absolute atomic E-state index is 11.6. The fourth-order valence-electron chi connectivity index (χ4n) is 2.03. The molecule has 0 saturated heterocycles. The molecule has 18 heavy (non-hydrogen) atoms. The molecule has 1 atom stereocenters. The summed E-state index contributed by atoms with van der Waals surface area (Å²) in [7, 11) is 0. The third-order valence-electron chi connectivity index (χ3n) is 3.05. The van der Waals surface area contributed by atoms with Crippen LogP contribution < -0.4 is 0 Å². The Morgan fingerprint density at radius 2 is 2.00 bits per heavy atom. The highest BCUT2D eigenvalue weighted by atomic mass is 16.3. The van der Waals surface area contributed by atoms with E-state index in [1.165, 1.54) is 6.20 Å². The summed E-state index contributed by atoms with van der Waals surface area (Å²) < 4.78 is 0.838. The quantitative estimate of drug-likeness (QED) is 0.561. The lowest BCUT2D eigenvalue weighted by Crippen LogP contribution is -2.25. The Morgan fingerprint density at radius 1 is 1.22 bits per heavy atom. The standard InChI is InChI=1S/C14H14NO3/c1-2-13(16)14(17)9-10-7-8-15(18)12-6-4-3-5-11(10)12/h3-8,12H,2,9H2,1H3/q+1. The van der Waals surface area contributed by atoms with Gasteiger partial charge in [0.2, 0.25) is 12.0 Å². The van der Waals surface area contributed by atoms with E-state index in [-0.39, 0.29) is 24.7 Å². The van der Waals surface area contributed by atoms with Gasteiger partial charge in [-0.25, -0.2) is 0 Å². The van der Waals surface area contributed by atoms with E-state index in [0.29, 0.717) is 0 Å². The van der Waals surface area contributed by atoms with Crippen molar-refractivity contribution in [1.82, 2.24) is 0 Å². The second-order valence-corrected chi connectivity index (χ2v) is 4.22. The van der Waals surface area contributed by atoms with Crippen LogP contribution in [0.1, 0.15) is 19.8 Å². The van der Waals surface area contributed by atoms with Crippen LogP contribution in [0.5, 0.6) is 0 Å². The summed E-state index contributed by atoms with van der Waals surface area (Å²) >= 11 is 0. The molecule has 2 aliphatic rings. The summed E-state index contributed by atoms with van der Waals surface area (Å²) in [6.45, 7) is 1.67. The number of nitroso groups, excluding NO2 is 1. The third kappa shape index (κ3) is 2.27. The lowest BCUT2D eigenvalue weighted by Gasteiger charge is -2.15.